The third-order valence-electron chi connectivity index (χ3n) is 7.37. The van der Waals surface area contributed by atoms with Crippen LogP contribution in [-0.2, 0) is 16.1 Å². The minimum atomic E-state index is -0.713. The Bertz CT molecular complexity index is 1040. The third-order valence-corrected chi connectivity index (χ3v) is 7.37. The Labute approximate surface area is 239 Å². The number of piperazine rings is 1. The summed E-state index contributed by atoms with van der Waals surface area (Å²) in [5, 5.41) is 3.09. The van der Waals surface area contributed by atoms with Crippen molar-refractivity contribution in [2.45, 2.75) is 77.9 Å². The number of likely N-dealkylation sites (tertiary alicyclic amines) is 1. The number of carbonyl (C=O) groups excluding carboxylic acids is 2. The molecule has 0 aliphatic carbocycles. The number of unbranched alkanes of at least 4 members (excludes halogenated alkanes) is 1. The maximum absolute atomic E-state index is 13.4. The second-order valence-electron chi connectivity index (χ2n) is 10.7. The van der Waals surface area contributed by atoms with E-state index in [1.807, 2.05) is 36.1 Å². The highest BCUT2D eigenvalue weighted by Crippen LogP contribution is 2.35. The quantitative estimate of drug-likeness (QED) is 0.433. The number of amides is 2. The predicted octanol–water partition coefficient (Wildman–Crippen LogP) is 5.53. The Morgan fingerprint density at radius 3 is 2.34 bits per heavy atom. The average Bonchev–Trinajstić information content (AvgIpc) is 2.86. The van der Waals surface area contributed by atoms with E-state index in [1.54, 1.807) is 6.20 Å². The van der Waals surface area contributed by atoms with Crippen LogP contribution < -0.4 is 10.1 Å². The van der Waals surface area contributed by atoms with Gasteiger partial charge < -0.3 is 15.0 Å². The minimum absolute atomic E-state index is 0. The first kappa shape index (κ1) is 31.9. The SMILES string of the molecule is CCCCN1C(=O)[C@H](CC(C)C)NC(=O)C12CCN(Cc1ccc(Oc3ccc(C)cn3)cc1)CC2.Cl.Cl. The van der Waals surface area contributed by atoms with Crippen molar-refractivity contribution in [2.24, 2.45) is 5.92 Å². The normalized spacial score (nSPS) is 19.1. The lowest BCUT2D eigenvalue weighted by Crippen LogP contribution is -2.73. The van der Waals surface area contributed by atoms with Crippen molar-refractivity contribution in [2.75, 3.05) is 19.6 Å². The van der Waals surface area contributed by atoms with E-state index in [2.05, 4.69) is 48.1 Å². The van der Waals surface area contributed by atoms with Crippen LogP contribution >= 0.6 is 24.8 Å². The highest BCUT2D eigenvalue weighted by atomic mass is 35.5. The molecule has 38 heavy (non-hydrogen) atoms. The number of pyridine rings is 1. The number of halogens is 2. The Morgan fingerprint density at radius 1 is 1.08 bits per heavy atom. The van der Waals surface area contributed by atoms with Crippen LogP contribution in [0.15, 0.2) is 42.6 Å². The molecule has 0 radical (unpaired) electrons. The van der Waals surface area contributed by atoms with Crippen molar-refractivity contribution >= 4 is 36.6 Å². The number of carbonyl (C=O) groups is 2. The Morgan fingerprint density at radius 2 is 1.76 bits per heavy atom. The summed E-state index contributed by atoms with van der Waals surface area (Å²) in [5.74, 6) is 1.83. The van der Waals surface area contributed by atoms with Crippen molar-refractivity contribution in [1.29, 1.82) is 0 Å². The number of nitrogens with zero attached hydrogens (tertiary/aromatic N) is 3. The van der Waals surface area contributed by atoms with Gasteiger partial charge in [0.15, 0.2) is 0 Å². The monoisotopic (exact) mass is 564 g/mol. The number of piperidine rings is 1. The molecule has 2 fully saturated rings. The zero-order valence-corrected chi connectivity index (χ0v) is 24.6. The van der Waals surface area contributed by atoms with Crippen LogP contribution in [0.5, 0.6) is 11.6 Å². The Hall–Kier alpha value is -2.35. The number of rotatable bonds is 9. The molecule has 2 saturated heterocycles. The van der Waals surface area contributed by atoms with Crippen molar-refractivity contribution < 1.29 is 14.3 Å². The second kappa shape index (κ2) is 14.2. The highest BCUT2D eigenvalue weighted by molar-refractivity contribution is 6.00. The van der Waals surface area contributed by atoms with Crippen LogP contribution in [0.25, 0.3) is 0 Å². The van der Waals surface area contributed by atoms with Crippen molar-refractivity contribution in [3.8, 4) is 11.6 Å². The molecule has 1 N–H and O–H groups in total. The van der Waals surface area contributed by atoms with Gasteiger partial charge in [0.2, 0.25) is 17.7 Å². The molecule has 210 valence electrons. The van der Waals surface area contributed by atoms with Gasteiger partial charge in [-0.3, -0.25) is 14.5 Å². The molecule has 7 nitrogen and oxygen atoms in total. The molecule has 1 atom stereocenters. The summed E-state index contributed by atoms with van der Waals surface area (Å²) in [6, 6.07) is 11.5. The van der Waals surface area contributed by atoms with Gasteiger partial charge in [0.05, 0.1) is 0 Å². The molecule has 2 amide bonds. The lowest BCUT2D eigenvalue weighted by Gasteiger charge is -2.52. The summed E-state index contributed by atoms with van der Waals surface area (Å²) in [6.45, 7) is 11.3. The summed E-state index contributed by atoms with van der Waals surface area (Å²) in [4.78, 5) is 35.4. The van der Waals surface area contributed by atoms with Crippen LogP contribution in [0.3, 0.4) is 0 Å². The zero-order valence-electron chi connectivity index (χ0n) is 22.9. The number of hydrogen-bond donors (Lipinski definition) is 1. The Balaban J connectivity index is 0.00000253. The third kappa shape index (κ3) is 7.39. The molecule has 2 aliphatic rings. The first-order valence-corrected chi connectivity index (χ1v) is 13.3. The van der Waals surface area contributed by atoms with Gasteiger partial charge in [0, 0.05) is 38.4 Å². The molecule has 1 aromatic heterocycles. The number of ether oxygens (including phenoxy) is 1. The number of nitrogens with one attached hydrogen (secondary N) is 1. The summed E-state index contributed by atoms with van der Waals surface area (Å²) < 4.78 is 5.85. The zero-order chi connectivity index (χ0) is 25.7. The number of benzene rings is 1. The largest absolute Gasteiger partial charge is 0.439 e. The van der Waals surface area contributed by atoms with Gasteiger partial charge in [-0.05, 0) is 61.8 Å². The molecule has 1 aromatic carbocycles. The van der Waals surface area contributed by atoms with E-state index in [-0.39, 0.29) is 36.6 Å². The smallest absolute Gasteiger partial charge is 0.246 e. The number of aromatic nitrogens is 1. The minimum Gasteiger partial charge on any atom is -0.439 e. The molecule has 0 bridgehead atoms. The van der Waals surface area contributed by atoms with Gasteiger partial charge in [-0.1, -0.05) is 45.4 Å². The van der Waals surface area contributed by atoms with Crippen LogP contribution in [-0.4, -0.2) is 57.8 Å². The van der Waals surface area contributed by atoms with E-state index >= 15 is 0 Å². The molecule has 0 saturated carbocycles. The fourth-order valence-electron chi connectivity index (χ4n) is 5.28. The molecular weight excluding hydrogens is 523 g/mol. The first-order chi connectivity index (χ1) is 17.3. The van der Waals surface area contributed by atoms with Crippen LogP contribution in [0.4, 0.5) is 0 Å². The molecule has 2 aliphatic heterocycles. The fraction of sp³-hybridized carbons (Fsp3) is 0.552. The molecular formula is C29H42Cl2N4O3. The molecule has 3 heterocycles. The fourth-order valence-corrected chi connectivity index (χ4v) is 5.28. The van der Waals surface area contributed by atoms with Gasteiger partial charge in [0.25, 0.3) is 0 Å². The average molecular weight is 566 g/mol. The van der Waals surface area contributed by atoms with Crippen molar-refractivity contribution in [3.63, 3.8) is 0 Å². The Kier molecular flexibility index (Phi) is 11.9. The maximum Gasteiger partial charge on any atom is 0.246 e. The van der Waals surface area contributed by atoms with Crippen LogP contribution in [0, 0.1) is 12.8 Å². The standard InChI is InChI=1S/C29H40N4O3.2ClH/c1-5-6-15-33-27(34)25(18-21(2)3)31-28(35)29(33)13-16-32(17-14-29)20-23-8-10-24(11-9-23)36-26-12-7-22(4)19-30-26;;/h7-12,19,21,25H,5-6,13-18,20H2,1-4H3,(H,31,35);2*1H/t25-;;/m0../s1. The van der Waals surface area contributed by atoms with E-state index < -0.39 is 11.6 Å². The lowest BCUT2D eigenvalue weighted by atomic mass is 9.80. The maximum atomic E-state index is 13.4. The van der Waals surface area contributed by atoms with Gasteiger partial charge in [-0.15, -0.1) is 24.8 Å². The summed E-state index contributed by atoms with van der Waals surface area (Å²) in [6.07, 6.45) is 5.75. The highest BCUT2D eigenvalue weighted by Gasteiger charge is 2.53. The van der Waals surface area contributed by atoms with Gasteiger partial charge in [0.1, 0.15) is 17.3 Å². The molecule has 1 spiro atoms. The predicted molar refractivity (Wildman–Crippen MR) is 155 cm³/mol. The van der Waals surface area contributed by atoms with E-state index in [0.717, 1.165) is 43.8 Å². The number of aryl methyl sites for hydroxylation is 1. The van der Waals surface area contributed by atoms with Gasteiger partial charge >= 0.3 is 0 Å². The van der Waals surface area contributed by atoms with E-state index in [1.165, 1.54) is 5.56 Å². The molecule has 9 heteroatoms. The van der Waals surface area contributed by atoms with Crippen molar-refractivity contribution in [1.82, 2.24) is 20.1 Å². The molecule has 2 aromatic rings. The van der Waals surface area contributed by atoms with E-state index in [0.29, 0.717) is 37.6 Å². The lowest BCUT2D eigenvalue weighted by molar-refractivity contribution is -0.161. The van der Waals surface area contributed by atoms with Crippen LogP contribution in [0.1, 0.15) is 64.0 Å². The van der Waals surface area contributed by atoms with E-state index in [4.69, 9.17) is 4.74 Å². The number of hydrogen-bond acceptors (Lipinski definition) is 5. The molecule has 0 unspecified atom stereocenters. The van der Waals surface area contributed by atoms with Gasteiger partial charge in [-0.2, -0.15) is 0 Å². The topological polar surface area (TPSA) is 74.8 Å². The summed E-state index contributed by atoms with van der Waals surface area (Å²) >= 11 is 0. The summed E-state index contributed by atoms with van der Waals surface area (Å²) in [7, 11) is 0. The first-order valence-electron chi connectivity index (χ1n) is 13.3. The summed E-state index contributed by atoms with van der Waals surface area (Å²) in [5.41, 5.74) is 1.58. The van der Waals surface area contributed by atoms with Gasteiger partial charge in [-0.25, -0.2) is 4.98 Å². The van der Waals surface area contributed by atoms with Crippen molar-refractivity contribution in [3.05, 3.63) is 53.7 Å². The van der Waals surface area contributed by atoms with Crippen LogP contribution in [0.2, 0.25) is 0 Å². The molecule has 4 rings (SSSR count). The van der Waals surface area contributed by atoms with E-state index in [9.17, 15) is 9.59 Å². The second-order valence-corrected chi connectivity index (χ2v) is 10.7.